The third kappa shape index (κ3) is 0.673. The van der Waals surface area contributed by atoms with E-state index in [-0.39, 0.29) is 0 Å². The van der Waals surface area contributed by atoms with E-state index in [9.17, 15) is 0 Å². The second-order valence-corrected chi connectivity index (χ2v) is 3.04. The maximum atomic E-state index is 5.22. The van der Waals surface area contributed by atoms with Gasteiger partial charge in [-0.1, -0.05) is 0 Å². The number of hydrogen-bond donors (Lipinski definition) is 0. The van der Waals surface area contributed by atoms with E-state index < -0.39 is 0 Å². The van der Waals surface area contributed by atoms with E-state index in [1.807, 2.05) is 0 Å². The highest BCUT2D eigenvalue weighted by Gasteiger charge is 2.30. The summed E-state index contributed by atoms with van der Waals surface area (Å²) in [4.78, 5) is 0. The van der Waals surface area contributed by atoms with Gasteiger partial charge in [-0.05, 0) is 30.8 Å². The van der Waals surface area contributed by atoms with Crippen molar-refractivity contribution in [2.24, 2.45) is 5.92 Å². The number of hydrogen-bond acceptors (Lipinski definition) is 1. The van der Waals surface area contributed by atoms with Crippen LogP contribution < -0.4 is 0 Å². The van der Waals surface area contributed by atoms with Crippen LogP contribution in [0.2, 0.25) is 0 Å². The monoisotopic (exact) mass is 124 g/mol. The highest BCUT2D eigenvalue weighted by Crippen LogP contribution is 2.43. The standard InChI is InChI=1S/C8H12O/c1-9-8-5-6-2-3-7(8)4-6/h6H,2-5H2,1H3. The largest absolute Gasteiger partial charge is 0.501 e. The zero-order chi connectivity index (χ0) is 6.27. The van der Waals surface area contributed by atoms with Crippen molar-refractivity contribution in [2.75, 3.05) is 7.11 Å². The number of methoxy groups -OCH3 is 1. The molecule has 2 rings (SSSR count). The molecule has 0 aromatic heterocycles. The maximum absolute atomic E-state index is 5.22. The SMILES string of the molecule is COC1=C2CCC(C2)C1. The predicted molar refractivity (Wildman–Crippen MR) is 36.0 cm³/mol. The van der Waals surface area contributed by atoms with Crippen LogP contribution in [0.5, 0.6) is 0 Å². The minimum absolute atomic E-state index is 0.954. The van der Waals surface area contributed by atoms with Crippen LogP contribution in [-0.2, 0) is 4.74 Å². The van der Waals surface area contributed by atoms with E-state index >= 15 is 0 Å². The topological polar surface area (TPSA) is 9.23 Å². The Hall–Kier alpha value is -0.460. The van der Waals surface area contributed by atoms with Crippen LogP contribution in [0.25, 0.3) is 0 Å². The maximum Gasteiger partial charge on any atom is 0.0950 e. The van der Waals surface area contributed by atoms with Crippen molar-refractivity contribution in [1.82, 2.24) is 0 Å². The summed E-state index contributed by atoms with van der Waals surface area (Å²) in [6.07, 6.45) is 5.30. The van der Waals surface area contributed by atoms with E-state index in [4.69, 9.17) is 4.74 Å². The Morgan fingerprint density at radius 1 is 1.44 bits per heavy atom. The molecule has 2 aliphatic rings. The zero-order valence-electron chi connectivity index (χ0n) is 5.81. The molecule has 50 valence electrons. The van der Waals surface area contributed by atoms with Gasteiger partial charge in [0.25, 0.3) is 0 Å². The van der Waals surface area contributed by atoms with Crippen LogP contribution >= 0.6 is 0 Å². The Morgan fingerprint density at radius 3 is 2.67 bits per heavy atom. The molecule has 1 atom stereocenters. The summed E-state index contributed by atoms with van der Waals surface area (Å²) >= 11 is 0. The molecule has 1 fully saturated rings. The van der Waals surface area contributed by atoms with E-state index in [1.165, 1.54) is 31.4 Å². The second kappa shape index (κ2) is 1.76. The van der Waals surface area contributed by atoms with Gasteiger partial charge in [-0.2, -0.15) is 0 Å². The Morgan fingerprint density at radius 2 is 2.33 bits per heavy atom. The molecule has 2 aliphatic carbocycles. The molecule has 0 N–H and O–H groups in total. The van der Waals surface area contributed by atoms with Crippen molar-refractivity contribution >= 4 is 0 Å². The van der Waals surface area contributed by atoms with Crippen molar-refractivity contribution in [3.8, 4) is 0 Å². The lowest BCUT2D eigenvalue weighted by Crippen LogP contribution is -1.95. The lowest BCUT2D eigenvalue weighted by atomic mass is 10.1. The minimum Gasteiger partial charge on any atom is -0.501 e. The van der Waals surface area contributed by atoms with Crippen molar-refractivity contribution in [1.29, 1.82) is 0 Å². The third-order valence-corrected chi connectivity index (χ3v) is 2.50. The second-order valence-electron chi connectivity index (χ2n) is 3.04. The molecule has 2 bridgehead atoms. The zero-order valence-corrected chi connectivity index (χ0v) is 5.81. The van der Waals surface area contributed by atoms with E-state index in [2.05, 4.69) is 0 Å². The molecule has 0 radical (unpaired) electrons. The van der Waals surface area contributed by atoms with Crippen LogP contribution in [-0.4, -0.2) is 7.11 Å². The molecule has 1 nitrogen and oxygen atoms in total. The molecule has 0 aliphatic heterocycles. The van der Waals surface area contributed by atoms with Gasteiger partial charge in [-0.15, -0.1) is 0 Å². The molecule has 0 aromatic rings. The average Bonchev–Trinajstić information content (AvgIpc) is 2.45. The fourth-order valence-corrected chi connectivity index (χ4v) is 1.99. The summed E-state index contributed by atoms with van der Waals surface area (Å²) in [5.74, 6) is 2.25. The molecular weight excluding hydrogens is 112 g/mol. The first kappa shape index (κ1) is 5.33. The van der Waals surface area contributed by atoms with Crippen LogP contribution in [0.15, 0.2) is 11.3 Å². The van der Waals surface area contributed by atoms with E-state index in [0.29, 0.717) is 0 Å². The van der Waals surface area contributed by atoms with Gasteiger partial charge < -0.3 is 4.74 Å². The first-order chi connectivity index (χ1) is 4.40. The third-order valence-electron chi connectivity index (χ3n) is 2.50. The van der Waals surface area contributed by atoms with Gasteiger partial charge in [0.1, 0.15) is 0 Å². The summed E-state index contributed by atoms with van der Waals surface area (Å²) in [6.45, 7) is 0. The Kier molecular flexibility index (Phi) is 1.04. The normalized spacial score (nSPS) is 31.9. The lowest BCUT2D eigenvalue weighted by molar-refractivity contribution is 0.263. The average molecular weight is 124 g/mol. The molecule has 0 aromatic carbocycles. The molecular formula is C8H12O. The lowest BCUT2D eigenvalue weighted by Gasteiger charge is -2.09. The Bertz CT molecular complexity index is 158. The van der Waals surface area contributed by atoms with Crippen molar-refractivity contribution in [2.45, 2.75) is 25.7 Å². The Labute approximate surface area is 55.7 Å². The van der Waals surface area contributed by atoms with E-state index in [0.717, 1.165) is 5.92 Å². The summed E-state index contributed by atoms with van der Waals surface area (Å²) in [5, 5.41) is 0. The van der Waals surface area contributed by atoms with Crippen molar-refractivity contribution < 1.29 is 4.74 Å². The molecule has 1 saturated carbocycles. The van der Waals surface area contributed by atoms with Crippen LogP contribution in [0.4, 0.5) is 0 Å². The van der Waals surface area contributed by atoms with Gasteiger partial charge in [0.15, 0.2) is 0 Å². The smallest absolute Gasteiger partial charge is 0.0950 e. The van der Waals surface area contributed by atoms with Crippen LogP contribution in [0, 0.1) is 5.92 Å². The molecule has 9 heavy (non-hydrogen) atoms. The van der Waals surface area contributed by atoms with Gasteiger partial charge in [-0.25, -0.2) is 0 Å². The number of ether oxygens (including phenoxy) is 1. The molecule has 0 amide bonds. The molecule has 1 heteroatoms. The van der Waals surface area contributed by atoms with Gasteiger partial charge in [0.2, 0.25) is 0 Å². The molecule has 0 spiro atoms. The number of fused-ring (bicyclic) bond motifs is 2. The van der Waals surface area contributed by atoms with Crippen molar-refractivity contribution in [3.05, 3.63) is 11.3 Å². The summed E-state index contributed by atoms with van der Waals surface area (Å²) in [7, 11) is 1.79. The van der Waals surface area contributed by atoms with Gasteiger partial charge in [0.05, 0.1) is 12.9 Å². The summed E-state index contributed by atoms with van der Waals surface area (Å²) < 4.78 is 5.22. The van der Waals surface area contributed by atoms with Gasteiger partial charge >= 0.3 is 0 Å². The number of allylic oxidation sites excluding steroid dienone is 2. The van der Waals surface area contributed by atoms with Crippen LogP contribution in [0.1, 0.15) is 25.7 Å². The quantitative estimate of drug-likeness (QED) is 0.520. The van der Waals surface area contributed by atoms with Gasteiger partial charge in [0, 0.05) is 6.42 Å². The highest BCUT2D eigenvalue weighted by atomic mass is 16.5. The summed E-state index contributed by atoms with van der Waals surface area (Å²) in [6, 6.07) is 0. The van der Waals surface area contributed by atoms with Crippen molar-refractivity contribution in [3.63, 3.8) is 0 Å². The highest BCUT2D eigenvalue weighted by molar-refractivity contribution is 5.21. The van der Waals surface area contributed by atoms with E-state index in [1.54, 1.807) is 12.7 Å². The molecule has 0 heterocycles. The first-order valence-corrected chi connectivity index (χ1v) is 3.65. The minimum atomic E-state index is 0.954. The predicted octanol–water partition coefficient (Wildman–Crippen LogP) is 2.09. The fourth-order valence-electron chi connectivity index (χ4n) is 1.99. The molecule has 1 unspecified atom stereocenters. The van der Waals surface area contributed by atoms with Gasteiger partial charge in [-0.3, -0.25) is 0 Å². The molecule has 0 saturated heterocycles. The Balaban J connectivity index is 2.22. The summed E-state index contributed by atoms with van der Waals surface area (Å²) in [5.41, 5.74) is 1.60. The first-order valence-electron chi connectivity index (χ1n) is 3.65. The fraction of sp³-hybridized carbons (Fsp3) is 0.750. The van der Waals surface area contributed by atoms with Crippen LogP contribution in [0.3, 0.4) is 0 Å². The number of rotatable bonds is 1.